The maximum absolute atomic E-state index is 13.2. The van der Waals surface area contributed by atoms with Crippen LogP contribution in [0, 0.1) is 5.82 Å². The van der Waals surface area contributed by atoms with Gasteiger partial charge in [-0.3, -0.25) is 4.57 Å². The molecule has 33 heavy (non-hydrogen) atoms. The number of hydrogen-bond acceptors (Lipinski definition) is 4. The van der Waals surface area contributed by atoms with E-state index in [0.717, 1.165) is 44.3 Å². The third kappa shape index (κ3) is 4.43. The normalized spacial score (nSPS) is 11.1. The number of fused-ring (bicyclic) bond motifs is 1. The zero-order valence-corrected chi connectivity index (χ0v) is 18.7. The molecule has 0 saturated carbocycles. The molecule has 0 saturated heterocycles. The number of aromatic nitrogens is 4. The van der Waals surface area contributed by atoms with Gasteiger partial charge < -0.3 is 0 Å². The second-order valence-electron chi connectivity index (χ2n) is 7.56. The minimum Gasteiger partial charge on any atom is -0.298 e. The third-order valence-corrected chi connectivity index (χ3v) is 6.37. The van der Waals surface area contributed by atoms with Gasteiger partial charge in [-0.1, -0.05) is 78.5 Å². The van der Waals surface area contributed by atoms with Crippen LogP contribution < -0.4 is 0 Å². The van der Waals surface area contributed by atoms with E-state index >= 15 is 0 Å². The molecule has 0 amide bonds. The van der Waals surface area contributed by atoms with Gasteiger partial charge in [-0.15, -0.1) is 16.8 Å². The van der Waals surface area contributed by atoms with E-state index in [1.807, 2.05) is 42.5 Å². The molecule has 0 spiro atoms. The molecule has 5 aromatic rings. The molecule has 0 aliphatic rings. The molecule has 3 aromatic carbocycles. The first-order valence-corrected chi connectivity index (χ1v) is 11.6. The van der Waals surface area contributed by atoms with Crippen LogP contribution in [0.1, 0.15) is 5.56 Å². The van der Waals surface area contributed by atoms with Crippen molar-refractivity contribution in [1.82, 2.24) is 19.7 Å². The zero-order valence-electron chi connectivity index (χ0n) is 17.9. The van der Waals surface area contributed by atoms with Gasteiger partial charge in [-0.2, -0.15) is 0 Å². The number of hydrogen-bond donors (Lipinski definition) is 0. The van der Waals surface area contributed by atoms with Gasteiger partial charge in [0.25, 0.3) is 0 Å². The Labute approximate surface area is 195 Å². The van der Waals surface area contributed by atoms with E-state index in [1.54, 1.807) is 23.9 Å². The Hall–Kier alpha value is -3.77. The lowest BCUT2D eigenvalue weighted by Gasteiger charge is -2.12. The lowest BCUT2D eigenvalue weighted by atomic mass is 10.0. The SMILES string of the molecule is C=CCn1c(SCc2ccc(F)cc2)nnc1-c1cc(-c2ccccc2)nc2ccccc12. The summed E-state index contributed by atoms with van der Waals surface area (Å²) in [7, 11) is 0. The van der Waals surface area contributed by atoms with Crippen LogP contribution in [0.5, 0.6) is 0 Å². The van der Waals surface area contributed by atoms with E-state index in [2.05, 4.69) is 45.6 Å². The maximum atomic E-state index is 13.2. The van der Waals surface area contributed by atoms with Gasteiger partial charge in [0.2, 0.25) is 0 Å². The fraction of sp³-hybridized carbons (Fsp3) is 0.0741. The lowest BCUT2D eigenvalue weighted by Crippen LogP contribution is -2.02. The Morgan fingerprint density at radius 2 is 1.67 bits per heavy atom. The quantitative estimate of drug-likeness (QED) is 0.202. The summed E-state index contributed by atoms with van der Waals surface area (Å²) in [4.78, 5) is 4.88. The number of benzene rings is 3. The summed E-state index contributed by atoms with van der Waals surface area (Å²) >= 11 is 1.57. The molecule has 0 bridgehead atoms. The van der Waals surface area contributed by atoms with Crippen molar-refractivity contribution in [2.75, 3.05) is 0 Å². The molecule has 2 heterocycles. The Morgan fingerprint density at radius 3 is 2.45 bits per heavy atom. The number of thioether (sulfide) groups is 1. The number of nitrogens with zero attached hydrogens (tertiary/aromatic N) is 4. The van der Waals surface area contributed by atoms with Gasteiger partial charge in [0.1, 0.15) is 5.82 Å². The molecule has 0 unspecified atom stereocenters. The monoisotopic (exact) mass is 452 g/mol. The van der Waals surface area contributed by atoms with Crippen LogP contribution in [0.25, 0.3) is 33.5 Å². The van der Waals surface area contributed by atoms with Gasteiger partial charge in [-0.25, -0.2) is 9.37 Å². The summed E-state index contributed by atoms with van der Waals surface area (Å²) in [5, 5.41) is 10.9. The van der Waals surface area contributed by atoms with E-state index in [1.165, 1.54) is 12.1 Å². The Balaban J connectivity index is 1.59. The molecular formula is C27H21FN4S. The molecule has 0 N–H and O–H groups in total. The fourth-order valence-electron chi connectivity index (χ4n) is 3.73. The first kappa shape index (κ1) is 21.1. The number of halogens is 1. The standard InChI is InChI=1S/C27H21FN4S/c1-2-16-32-26(30-31-27(32)33-18-19-12-14-21(28)15-13-19)23-17-25(20-8-4-3-5-9-20)29-24-11-7-6-10-22(23)24/h2-15,17H,1,16,18H2. The summed E-state index contributed by atoms with van der Waals surface area (Å²) in [5.74, 6) is 1.20. The van der Waals surface area contributed by atoms with Crippen molar-refractivity contribution in [3.8, 4) is 22.6 Å². The highest BCUT2D eigenvalue weighted by atomic mass is 32.2. The highest BCUT2D eigenvalue weighted by Crippen LogP contribution is 2.33. The van der Waals surface area contributed by atoms with Crippen molar-refractivity contribution < 1.29 is 4.39 Å². The molecule has 0 fully saturated rings. The first-order valence-electron chi connectivity index (χ1n) is 10.6. The average molecular weight is 453 g/mol. The average Bonchev–Trinajstić information content (AvgIpc) is 3.26. The van der Waals surface area contributed by atoms with E-state index in [9.17, 15) is 4.39 Å². The molecule has 0 atom stereocenters. The fourth-order valence-corrected chi connectivity index (χ4v) is 4.64. The molecule has 0 radical (unpaired) electrons. The molecular weight excluding hydrogens is 431 g/mol. The molecule has 2 aromatic heterocycles. The largest absolute Gasteiger partial charge is 0.298 e. The van der Waals surface area contributed by atoms with Crippen molar-refractivity contribution in [1.29, 1.82) is 0 Å². The van der Waals surface area contributed by atoms with Crippen molar-refractivity contribution in [3.05, 3.63) is 109 Å². The van der Waals surface area contributed by atoms with Crippen LogP contribution in [-0.2, 0) is 12.3 Å². The van der Waals surface area contributed by atoms with Gasteiger partial charge in [0.15, 0.2) is 11.0 Å². The summed E-state index contributed by atoms with van der Waals surface area (Å²) in [6, 6.07) is 26.8. The predicted molar refractivity (Wildman–Crippen MR) is 132 cm³/mol. The van der Waals surface area contributed by atoms with Crippen molar-refractivity contribution in [2.24, 2.45) is 0 Å². The summed E-state index contributed by atoms with van der Waals surface area (Å²) in [6.45, 7) is 4.50. The van der Waals surface area contributed by atoms with Gasteiger partial charge in [-0.05, 0) is 29.8 Å². The maximum Gasteiger partial charge on any atom is 0.192 e. The number of pyridine rings is 1. The minimum absolute atomic E-state index is 0.236. The highest BCUT2D eigenvalue weighted by molar-refractivity contribution is 7.98. The van der Waals surface area contributed by atoms with Crippen LogP contribution in [0.2, 0.25) is 0 Å². The van der Waals surface area contributed by atoms with Gasteiger partial charge in [0.05, 0.1) is 11.2 Å². The molecule has 0 aliphatic carbocycles. The Morgan fingerprint density at radius 1 is 0.909 bits per heavy atom. The Kier molecular flexibility index (Phi) is 6.00. The van der Waals surface area contributed by atoms with Crippen molar-refractivity contribution in [3.63, 3.8) is 0 Å². The van der Waals surface area contributed by atoms with E-state index < -0.39 is 0 Å². The summed E-state index contributed by atoms with van der Waals surface area (Å²) in [5.41, 5.74) is 4.84. The second-order valence-corrected chi connectivity index (χ2v) is 8.50. The minimum atomic E-state index is -0.236. The third-order valence-electron chi connectivity index (χ3n) is 5.34. The van der Waals surface area contributed by atoms with E-state index in [0.29, 0.717) is 12.3 Å². The zero-order chi connectivity index (χ0) is 22.6. The number of para-hydroxylation sites is 1. The van der Waals surface area contributed by atoms with Crippen LogP contribution in [0.4, 0.5) is 4.39 Å². The highest BCUT2D eigenvalue weighted by Gasteiger charge is 2.18. The topological polar surface area (TPSA) is 43.6 Å². The first-order chi connectivity index (χ1) is 16.2. The van der Waals surface area contributed by atoms with Crippen molar-refractivity contribution in [2.45, 2.75) is 17.5 Å². The molecule has 4 nitrogen and oxygen atoms in total. The molecule has 162 valence electrons. The second kappa shape index (κ2) is 9.38. The van der Waals surface area contributed by atoms with E-state index in [-0.39, 0.29) is 5.82 Å². The summed E-state index contributed by atoms with van der Waals surface area (Å²) in [6.07, 6.45) is 1.84. The molecule has 6 heteroatoms. The van der Waals surface area contributed by atoms with Crippen LogP contribution in [-0.4, -0.2) is 19.7 Å². The smallest absolute Gasteiger partial charge is 0.192 e. The summed E-state index contributed by atoms with van der Waals surface area (Å²) < 4.78 is 15.3. The van der Waals surface area contributed by atoms with Crippen LogP contribution in [0.15, 0.2) is 103 Å². The van der Waals surface area contributed by atoms with E-state index in [4.69, 9.17) is 4.98 Å². The number of rotatable bonds is 7. The Bertz CT molecular complexity index is 1410. The molecule has 0 aliphatic heterocycles. The number of allylic oxidation sites excluding steroid dienone is 1. The van der Waals surface area contributed by atoms with Crippen LogP contribution in [0.3, 0.4) is 0 Å². The predicted octanol–water partition coefficient (Wildman–Crippen LogP) is 6.78. The van der Waals surface area contributed by atoms with Crippen LogP contribution >= 0.6 is 11.8 Å². The molecule has 5 rings (SSSR count). The lowest BCUT2D eigenvalue weighted by molar-refractivity contribution is 0.627. The van der Waals surface area contributed by atoms with Gasteiger partial charge in [0, 0.05) is 28.8 Å². The van der Waals surface area contributed by atoms with Gasteiger partial charge >= 0.3 is 0 Å². The van der Waals surface area contributed by atoms with Crippen molar-refractivity contribution >= 4 is 22.7 Å².